The number of nitrogens with zero attached hydrogens (tertiary/aromatic N) is 2. The first-order chi connectivity index (χ1) is 6.36. The lowest BCUT2D eigenvalue weighted by Crippen LogP contribution is -2.04. The standard InChI is InChI=1S/C10H16N2O/c1-2-12-10(7-13)8-5-3-4-6-9(8)11-12/h13H,2-7H2,1H3. The molecule has 0 saturated carbocycles. The first-order valence-electron chi connectivity index (χ1n) is 5.05. The minimum Gasteiger partial charge on any atom is -0.390 e. The molecule has 1 aliphatic carbocycles. The smallest absolute Gasteiger partial charge is 0.0852 e. The fraction of sp³-hybridized carbons (Fsp3) is 0.700. The van der Waals surface area contributed by atoms with Crippen molar-refractivity contribution in [2.75, 3.05) is 0 Å². The predicted octanol–water partition coefficient (Wildman–Crippen LogP) is 1.27. The zero-order valence-electron chi connectivity index (χ0n) is 8.08. The van der Waals surface area contributed by atoms with Crippen molar-refractivity contribution < 1.29 is 5.11 Å². The van der Waals surface area contributed by atoms with Gasteiger partial charge in [0.1, 0.15) is 0 Å². The van der Waals surface area contributed by atoms with Gasteiger partial charge in [-0.1, -0.05) is 0 Å². The van der Waals surface area contributed by atoms with E-state index in [9.17, 15) is 5.11 Å². The maximum absolute atomic E-state index is 9.23. The summed E-state index contributed by atoms with van der Waals surface area (Å²) in [4.78, 5) is 0. The summed E-state index contributed by atoms with van der Waals surface area (Å²) in [7, 11) is 0. The molecule has 1 heterocycles. The Morgan fingerprint density at radius 1 is 1.38 bits per heavy atom. The molecule has 2 rings (SSSR count). The van der Waals surface area contributed by atoms with Crippen LogP contribution in [0.3, 0.4) is 0 Å². The Hall–Kier alpha value is -0.830. The highest BCUT2D eigenvalue weighted by Gasteiger charge is 2.18. The van der Waals surface area contributed by atoms with E-state index in [1.165, 1.54) is 24.1 Å². The highest BCUT2D eigenvalue weighted by atomic mass is 16.3. The van der Waals surface area contributed by atoms with E-state index in [0.29, 0.717) is 0 Å². The Labute approximate surface area is 78.4 Å². The largest absolute Gasteiger partial charge is 0.390 e. The maximum Gasteiger partial charge on any atom is 0.0852 e. The Morgan fingerprint density at radius 3 is 2.85 bits per heavy atom. The normalized spacial score (nSPS) is 15.8. The lowest BCUT2D eigenvalue weighted by molar-refractivity contribution is 0.267. The molecule has 0 spiro atoms. The van der Waals surface area contributed by atoms with Crippen LogP contribution in [0.1, 0.15) is 36.7 Å². The van der Waals surface area contributed by atoms with Crippen molar-refractivity contribution in [2.45, 2.75) is 45.8 Å². The Balaban J connectivity index is 2.44. The lowest BCUT2D eigenvalue weighted by atomic mass is 9.96. The van der Waals surface area contributed by atoms with E-state index < -0.39 is 0 Å². The quantitative estimate of drug-likeness (QED) is 0.744. The minimum atomic E-state index is 0.135. The number of fused-ring (bicyclic) bond motifs is 1. The van der Waals surface area contributed by atoms with Crippen molar-refractivity contribution in [2.24, 2.45) is 0 Å². The van der Waals surface area contributed by atoms with Gasteiger partial charge < -0.3 is 5.11 Å². The van der Waals surface area contributed by atoms with Crippen LogP contribution >= 0.6 is 0 Å². The number of aliphatic hydroxyl groups is 1. The van der Waals surface area contributed by atoms with Crippen molar-refractivity contribution in [1.29, 1.82) is 0 Å². The Morgan fingerprint density at radius 2 is 2.15 bits per heavy atom. The van der Waals surface area contributed by atoms with E-state index in [4.69, 9.17) is 0 Å². The van der Waals surface area contributed by atoms with Crippen molar-refractivity contribution in [1.82, 2.24) is 9.78 Å². The predicted molar refractivity (Wildman–Crippen MR) is 50.5 cm³/mol. The number of hydrogen-bond acceptors (Lipinski definition) is 2. The molecule has 3 heteroatoms. The van der Waals surface area contributed by atoms with Crippen molar-refractivity contribution in [3.8, 4) is 0 Å². The minimum absolute atomic E-state index is 0.135. The van der Waals surface area contributed by atoms with Gasteiger partial charge in [0.05, 0.1) is 18.0 Å². The van der Waals surface area contributed by atoms with Gasteiger partial charge in [-0.05, 0) is 38.2 Å². The fourth-order valence-electron chi connectivity index (χ4n) is 2.11. The van der Waals surface area contributed by atoms with E-state index >= 15 is 0 Å². The highest BCUT2D eigenvalue weighted by molar-refractivity contribution is 5.28. The van der Waals surface area contributed by atoms with Gasteiger partial charge in [-0.25, -0.2) is 0 Å². The molecular weight excluding hydrogens is 164 g/mol. The number of aryl methyl sites for hydroxylation is 2. The van der Waals surface area contributed by atoms with E-state index in [1.54, 1.807) is 0 Å². The molecule has 1 aromatic rings. The van der Waals surface area contributed by atoms with Crippen LogP contribution in [-0.2, 0) is 26.0 Å². The van der Waals surface area contributed by atoms with E-state index in [-0.39, 0.29) is 6.61 Å². The number of aliphatic hydroxyl groups excluding tert-OH is 1. The highest BCUT2D eigenvalue weighted by Crippen LogP contribution is 2.23. The molecule has 3 nitrogen and oxygen atoms in total. The first kappa shape index (κ1) is 8.75. The Bertz CT molecular complexity index is 294. The van der Waals surface area contributed by atoms with Crippen LogP contribution in [0.5, 0.6) is 0 Å². The van der Waals surface area contributed by atoms with Crippen LogP contribution in [0.15, 0.2) is 0 Å². The molecule has 1 aromatic heterocycles. The number of hydrogen-bond donors (Lipinski definition) is 1. The van der Waals surface area contributed by atoms with Crippen molar-refractivity contribution >= 4 is 0 Å². The summed E-state index contributed by atoms with van der Waals surface area (Å²) in [5.74, 6) is 0. The zero-order valence-corrected chi connectivity index (χ0v) is 8.08. The second-order valence-electron chi connectivity index (χ2n) is 3.55. The third-order valence-corrected chi connectivity index (χ3v) is 2.79. The van der Waals surface area contributed by atoms with Crippen LogP contribution < -0.4 is 0 Å². The van der Waals surface area contributed by atoms with Crippen LogP contribution in [0.4, 0.5) is 0 Å². The van der Waals surface area contributed by atoms with E-state index in [0.717, 1.165) is 25.1 Å². The van der Waals surface area contributed by atoms with Crippen LogP contribution in [-0.4, -0.2) is 14.9 Å². The molecule has 0 atom stereocenters. The van der Waals surface area contributed by atoms with Gasteiger partial charge >= 0.3 is 0 Å². The summed E-state index contributed by atoms with van der Waals surface area (Å²) in [5.41, 5.74) is 3.57. The van der Waals surface area contributed by atoms with Crippen LogP contribution in [0, 0.1) is 0 Å². The molecule has 72 valence electrons. The Kier molecular flexibility index (Phi) is 2.36. The van der Waals surface area contributed by atoms with Gasteiger partial charge in [0, 0.05) is 6.54 Å². The number of aromatic nitrogens is 2. The summed E-state index contributed by atoms with van der Waals surface area (Å²) < 4.78 is 1.94. The van der Waals surface area contributed by atoms with E-state index in [2.05, 4.69) is 12.0 Å². The van der Waals surface area contributed by atoms with Gasteiger partial charge in [0.25, 0.3) is 0 Å². The monoisotopic (exact) mass is 180 g/mol. The van der Waals surface area contributed by atoms with Gasteiger partial charge in [0.15, 0.2) is 0 Å². The van der Waals surface area contributed by atoms with Gasteiger partial charge in [-0.2, -0.15) is 5.10 Å². The molecule has 0 amide bonds. The molecule has 13 heavy (non-hydrogen) atoms. The lowest BCUT2D eigenvalue weighted by Gasteiger charge is -2.09. The van der Waals surface area contributed by atoms with Crippen LogP contribution in [0.2, 0.25) is 0 Å². The second-order valence-corrected chi connectivity index (χ2v) is 3.55. The summed E-state index contributed by atoms with van der Waals surface area (Å²) in [6.07, 6.45) is 4.69. The second kappa shape index (κ2) is 3.50. The summed E-state index contributed by atoms with van der Waals surface area (Å²) >= 11 is 0. The number of rotatable bonds is 2. The SMILES string of the molecule is CCn1nc2c(c1CO)CCCC2. The average Bonchev–Trinajstić information content (AvgIpc) is 2.55. The zero-order chi connectivity index (χ0) is 9.26. The molecule has 0 aromatic carbocycles. The molecule has 0 bridgehead atoms. The van der Waals surface area contributed by atoms with Crippen LogP contribution in [0.25, 0.3) is 0 Å². The fourth-order valence-corrected chi connectivity index (χ4v) is 2.11. The molecule has 0 aliphatic heterocycles. The first-order valence-corrected chi connectivity index (χ1v) is 5.05. The molecule has 0 saturated heterocycles. The maximum atomic E-state index is 9.23. The third-order valence-electron chi connectivity index (χ3n) is 2.79. The van der Waals surface area contributed by atoms with Gasteiger partial charge in [-0.3, -0.25) is 4.68 Å². The van der Waals surface area contributed by atoms with E-state index in [1.807, 2.05) is 4.68 Å². The topological polar surface area (TPSA) is 38.0 Å². The molecule has 1 N–H and O–H groups in total. The summed E-state index contributed by atoms with van der Waals surface area (Å²) in [6, 6.07) is 0. The summed E-state index contributed by atoms with van der Waals surface area (Å²) in [6.45, 7) is 3.07. The summed E-state index contributed by atoms with van der Waals surface area (Å²) in [5, 5.41) is 13.7. The molecule has 0 unspecified atom stereocenters. The van der Waals surface area contributed by atoms with Crippen molar-refractivity contribution in [3.63, 3.8) is 0 Å². The molecule has 0 radical (unpaired) electrons. The van der Waals surface area contributed by atoms with Crippen molar-refractivity contribution in [3.05, 3.63) is 17.0 Å². The molecular formula is C10H16N2O. The molecule has 0 fully saturated rings. The average molecular weight is 180 g/mol. The molecule has 1 aliphatic rings. The van der Waals surface area contributed by atoms with Gasteiger partial charge in [-0.15, -0.1) is 0 Å². The van der Waals surface area contributed by atoms with Gasteiger partial charge in [0.2, 0.25) is 0 Å². The third kappa shape index (κ3) is 1.37.